The van der Waals surface area contributed by atoms with E-state index in [2.05, 4.69) is 15.4 Å². The van der Waals surface area contributed by atoms with Crippen molar-refractivity contribution in [3.05, 3.63) is 44.6 Å². The molecular weight excluding hydrogens is 425 g/mol. The molecule has 2 aromatic rings. The number of amides is 2. The molecular formula is C18H19Cl2N3O4S. The number of hydrogen-bond acceptors (Lipinski definition) is 6. The van der Waals surface area contributed by atoms with Gasteiger partial charge < -0.3 is 15.4 Å². The zero-order chi connectivity index (χ0) is 20.7. The maximum absolute atomic E-state index is 12.3. The minimum atomic E-state index is -0.520. The summed E-state index contributed by atoms with van der Waals surface area (Å²) in [5.41, 5.74) is 0.711. The molecule has 1 aromatic heterocycles. The molecule has 0 unspecified atom stereocenters. The Kier molecular flexibility index (Phi) is 8.25. The van der Waals surface area contributed by atoms with Gasteiger partial charge in [-0.1, -0.05) is 36.2 Å². The van der Waals surface area contributed by atoms with Gasteiger partial charge in [-0.15, -0.1) is 11.3 Å². The number of hydrogen-bond donors (Lipinski definition) is 2. The largest absolute Gasteiger partial charge is 0.465 e. The predicted molar refractivity (Wildman–Crippen MR) is 111 cm³/mol. The van der Waals surface area contributed by atoms with E-state index >= 15 is 0 Å². The molecule has 28 heavy (non-hydrogen) atoms. The quantitative estimate of drug-likeness (QED) is 0.606. The van der Waals surface area contributed by atoms with Gasteiger partial charge in [-0.05, 0) is 30.1 Å². The molecule has 0 bridgehead atoms. The molecule has 0 aliphatic heterocycles. The van der Waals surface area contributed by atoms with Gasteiger partial charge in [0.15, 0.2) is 0 Å². The highest BCUT2D eigenvalue weighted by Gasteiger charge is 2.18. The molecule has 0 saturated carbocycles. The van der Waals surface area contributed by atoms with E-state index in [1.54, 1.807) is 34.5 Å². The molecule has 2 rings (SSSR count). The summed E-state index contributed by atoms with van der Waals surface area (Å²) in [5.74, 6) is -1.22. The standard InChI is InChI=1S/C18H19Cl2N3O4S/c1-3-23(10-15(25)22-16-11(19)5-4-6-12(16)20)9-14(24)21-13-7-8-28-17(13)18(26)27-2/h4-8H,3,9-10H2,1-2H3,(H,21,24)(H,22,25). The Labute approximate surface area is 176 Å². The van der Waals surface area contributed by atoms with Gasteiger partial charge in [0.25, 0.3) is 0 Å². The van der Waals surface area contributed by atoms with Crippen LogP contribution in [-0.2, 0) is 14.3 Å². The van der Waals surface area contributed by atoms with E-state index in [1.165, 1.54) is 18.4 Å². The lowest BCUT2D eigenvalue weighted by Gasteiger charge is -2.19. The molecule has 2 N–H and O–H groups in total. The number of halogens is 2. The SMILES string of the molecule is CCN(CC(=O)Nc1ccsc1C(=O)OC)CC(=O)Nc1c(Cl)cccc1Cl. The third kappa shape index (κ3) is 5.93. The Morgan fingerprint density at radius 1 is 1.07 bits per heavy atom. The van der Waals surface area contributed by atoms with Gasteiger partial charge in [0.1, 0.15) is 4.88 Å². The number of likely N-dealkylation sites (N-methyl/N-ethyl adjacent to an activating group) is 1. The highest BCUT2D eigenvalue weighted by atomic mass is 35.5. The Balaban J connectivity index is 1.95. The van der Waals surface area contributed by atoms with Crippen molar-refractivity contribution in [1.82, 2.24) is 4.90 Å². The van der Waals surface area contributed by atoms with E-state index in [0.29, 0.717) is 32.8 Å². The van der Waals surface area contributed by atoms with Crippen molar-refractivity contribution in [2.24, 2.45) is 0 Å². The second-order valence-electron chi connectivity index (χ2n) is 5.65. The molecule has 0 fully saturated rings. The summed E-state index contributed by atoms with van der Waals surface area (Å²) in [6, 6.07) is 6.54. The van der Waals surface area contributed by atoms with Crippen molar-refractivity contribution in [2.75, 3.05) is 37.4 Å². The number of thiophene rings is 1. The van der Waals surface area contributed by atoms with Crippen LogP contribution in [0.1, 0.15) is 16.6 Å². The zero-order valence-corrected chi connectivity index (χ0v) is 17.6. The smallest absolute Gasteiger partial charge is 0.350 e. The number of ether oxygens (including phenoxy) is 1. The van der Waals surface area contributed by atoms with Crippen molar-refractivity contribution < 1.29 is 19.1 Å². The van der Waals surface area contributed by atoms with Gasteiger partial charge in [0.05, 0.1) is 41.6 Å². The van der Waals surface area contributed by atoms with E-state index in [9.17, 15) is 14.4 Å². The van der Waals surface area contributed by atoms with Crippen LogP contribution in [0.5, 0.6) is 0 Å². The fourth-order valence-corrected chi connectivity index (χ4v) is 3.59. The van der Waals surface area contributed by atoms with Crippen molar-refractivity contribution in [2.45, 2.75) is 6.92 Å². The Morgan fingerprint density at radius 2 is 1.68 bits per heavy atom. The maximum atomic E-state index is 12.3. The number of anilines is 2. The van der Waals surface area contributed by atoms with Gasteiger partial charge >= 0.3 is 5.97 Å². The highest BCUT2D eigenvalue weighted by Crippen LogP contribution is 2.29. The van der Waals surface area contributed by atoms with Crippen LogP contribution < -0.4 is 10.6 Å². The lowest BCUT2D eigenvalue weighted by molar-refractivity contribution is -0.119. The summed E-state index contributed by atoms with van der Waals surface area (Å²) >= 11 is 13.3. The van der Waals surface area contributed by atoms with Crippen LogP contribution in [0.4, 0.5) is 11.4 Å². The van der Waals surface area contributed by atoms with Crippen molar-refractivity contribution >= 4 is 63.7 Å². The number of methoxy groups -OCH3 is 1. The lowest BCUT2D eigenvalue weighted by Crippen LogP contribution is -2.38. The minimum absolute atomic E-state index is 0.0288. The normalized spacial score (nSPS) is 10.6. The third-order valence-electron chi connectivity index (χ3n) is 3.72. The summed E-state index contributed by atoms with van der Waals surface area (Å²) in [7, 11) is 1.27. The molecule has 0 aliphatic rings. The van der Waals surface area contributed by atoms with E-state index < -0.39 is 5.97 Å². The molecule has 2 amide bonds. The van der Waals surface area contributed by atoms with Crippen molar-refractivity contribution in [1.29, 1.82) is 0 Å². The second kappa shape index (κ2) is 10.4. The van der Waals surface area contributed by atoms with Crippen LogP contribution in [0.25, 0.3) is 0 Å². The van der Waals surface area contributed by atoms with Crippen LogP contribution in [0, 0.1) is 0 Å². The molecule has 0 atom stereocenters. The third-order valence-corrected chi connectivity index (χ3v) is 5.24. The number of nitrogens with zero attached hydrogens (tertiary/aromatic N) is 1. The van der Waals surface area contributed by atoms with Crippen LogP contribution in [0.3, 0.4) is 0 Å². The van der Waals surface area contributed by atoms with Gasteiger partial charge in [-0.3, -0.25) is 14.5 Å². The molecule has 1 aromatic carbocycles. The monoisotopic (exact) mass is 443 g/mol. The molecule has 0 spiro atoms. The molecule has 0 saturated heterocycles. The number of para-hydroxylation sites is 1. The minimum Gasteiger partial charge on any atom is -0.465 e. The number of carbonyl (C=O) groups is 3. The average Bonchev–Trinajstić information content (AvgIpc) is 3.11. The first-order valence-corrected chi connectivity index (χ1v) is 9.91. The fraction of sp³-hybridized carbons (Fsp3) is 0.278. The van der Waals surface area contributed by atoms with E-state index in [1.807, 2.05) is 6.92 Å². The fourth-order valence-electron chi connectivity index (χ4n) is 2.33. The summed E-state index contributed by atoms with van der Waals surface area (Å²) in [6.07, 6.45) is 0. The number of nitrogens with one attached hydrogen (secondary N) is 2. The second-order valence-corrected chi connectivity index (χ2v) is 7.38. The van der Waals surface area contributed by atoms with Crippen LogP contribution in [-0.4, -0.2) is 49.4 Å². The van der Waals surface area contributed by atoms with Gasteiger partial charge in [-0.2, -0.15) is 0 Å². The van der Waals surface area contributed by atoms with E-state index in [0.717, 1.165) is 0 Å². The van der Waals surface area contributed by atoms with Gasteiger partial charge in [-0.25, -0.2) is 4.79 Å². The molecule has 150 valence electrons. The topological polar surface area (TPSA) is 87.7 Å². The summed E-state index contributed by atoms with van der Waals surface area (Å²) in [5, 5.41) is 7.66. The summed E-state index contributed by atoms with van der Waals surface area (Å²) in [6.45, 7) is 2.23. The number of carbonyl (C=O) groups excluding carboxylic acids is 3. The first-order chi connectivity index (χ1) is 13.3. The van der Waals surface area contributed by atoms with E-state index in [-0.39, 0.29) is 24.9 Å². The van der Waals surface area contributed by atoms with Crippen molar-refractivity contribution in [3.63, 3.8) is 0 Å². The van der Waals surface area contributed by atoms with Crippen LogP contribution in [0.15, 0.2) is 29.6 Å². The Bertz CT molecular complexity index is 852. The van der Waals surface area contributed by atoms with Crippen LogP contribution >= 0.6 is 34.5 Å². The zero-order valence-electron chi connectivity index (χ0n) is 15.3. The average molecular weight is 444 g/mol. The molecule has 7 nitrogen and oxygen atoms in total. The van der Waals surface area contributed by atoms with E-state index in [4.69, 9.17) is 23.2 Å². The van der Waals surface area contributed by atoms with Gasteiger partial charge in [0.2, 0.25) is 11.8 Å². The molecule has 10 heteroatoms. The first-order valence-electron chi connectivity index (χ1n) is 8.27. The van der Waals surface area contributed by atoms with Gasteiger partial charge in [0, 0.05) is 0 Å². The Hall–Kier alpha value is -2.13. The number of rotatable bonds is 8. The highest BCUT2D eigenvalue weighted by molar-refractivity contribution is 7.12. The number of esters is 1. The summed E-state index contributed by atoms with van der Waals surface area (Å²) < 4.78 is 4.68. The first kappa shape index (κ1) is 22.2. The molecule has 0 aliphatic carbocycles. The number of benzene rings is 1. The molecule has 1 heterocycles. The predicted octanol–water partition coefficient (Wildman–Crippen LogP) is 3.74. The van der Waals surface area contributed by atoms with Crippen LogP contribution in [0.2, 0.25) is 10.0 Å². The van der Waals surface area contributed by atoms with Crippen molar-refractivity contribution in [3.8, 4) is 0 Å². The molecule has 0 radical (unpaired) electrons. The lowest BCUT2D eigenvalue weighted by atomic mass is 10.3. The summed E-state index contributed by atoms with van der Waals surface area (Å²) in [4.78, 5) is 38.3. The Morgan fingerprint density at radius 3 is 2.25 bits per heavy atom. The maximum Gasteiger partial charge on any atom is 0.350 e.